The second-order valence-corrected chi connectivity index (χ2v) is 8.92. The van der Waals surface area contributed by atoms with Crippen molar-refractivity contribution in [3.8, 4) is 0 Å². The van der Waals surface area contributed by atoms with Crippen LogP contribution >= 0.6 is 0 Å². The predicted molar refractivity (Wildman–Crippen MR) is 106 cm³/mol. The summed E-state index contributed by atoms with van der Waals surface area (Å²) >= 11 is 0. The van der Waals surface area contributed by atoms with Crippen molar-refractivity contribution in [2.75, 3.05) is 7.05 Å². The number of nitrogens with one attached hydrogen (secondary N) is 1. The summed E-state index contributed by atoms with van der Waals surface area (Å²) in [6.07, 6.45) is 1.37. The van der Waals surface area contributed by atoms with Gasteiger partial charge in [0.15, 0.2) is 0 Å². The maximum atomic E-state index is 13.3. The molecule has 2 aromatic rings. The molecule has 0 saturated heterocycles. The number of hydrogen-bond donors (Lipinski definition) is 1. The topological polar surface area (TPSA) is 66.5 Å². The Morgan fingerprint density at radius 1 is 1.15 bits per heavy atom. The van der Waals surface area contributed by atoms with E-state index in [0.717, 1.165) is 23.1 Å². The molecule has 1 aliphatic heterocycles. The van der Waals surface area contributed by atoms with Crippen LogP contribution in [0.4, 0.5) is 0 Å². The van der Waals surface area contributed by atoms with E-state index in [2.05, 4.69) is 19.2 Å². The Morgan fingerprint density at radius 2 is 1.78 bits per heavy atom. The van der Waals surface area contributed by atoms with Gasteiger partial charge in [-0.1, -0.05) is 50.2 Å². The van der Waals surface area contributed by atoms with Gasteiger partial charge in [0, 0.05) is 13.6 Å². The van der Waals surface area contributed by atoms with Gasteiger partial charge < -0.3 is 5.32 Å². The van der Waals surface area contributed by atoms with Crippen LogP contribution in [0.2, 0.25) is 0 Å². The van der Waals surface area contributed by atoms with Crippen molar-refractivity contribution in [3.05, 3.63) is 65.2 Å². The molecule has 6 heteroatoms. The molecule has 2 atom stereocenters. The molecule has 0 saturated carbocycles. The molecule has 1 heterocycles. The highest BCUT2D eigenvalue weighted by molar-refractivity contribution is 7.89. The van der Waals surface area contributed by atoms with Crippen LogP contribution in [0.1, 0.15) is 42.9 Å². The number of carbonyl (C=O) groups excluding carboxylic acids is 1. The molecule has 0 fully saturated rings. The minimum Gasteiger partial charge on any atom is -0.358 e. The third-order valence-electron chi connectivity index (χ3n) is 5.42. The SMILES string of the molecule is CC[C@H](C)c1ccc(S(=O)(=O)N2Cc3ccccc3C[C@H]2C(=O)NC)cc1. The zero-order valence-electron chi connectivity index (χ0n) is 16.0. The first-order valence-corrected chi connectivity index (χ1v) is 10.7. The summed E-state index contributed by atoms with van der Waals surface area (Å²) in [5.41, 5.74) is 3.07. The Hall–Kier alpha value is -2.18. The Morgan fingerprint density at radius 3 is 2.37 bits per heavy atom. The van der Waals surface area contributed by atoms with Crippen LogP contribution in [0.5, 0.6) is 0 Å². The van der Waals surface area contributed by atoms with Gasteiger partial charge in [-0.2, -0.15) is 4.31 Å². The molecule has 0 aromatic heterocycles. The van der Waals surface area contributed by atoms with Crippen LogP contribution in [0.25, 0.3) is 0 Å². The maximum absolute atomic E-state index is 13.3. The number of nitrogens with zero attached hydrogens (tertiary/aromatic N) is 1. The molecule has 1 amide bonds. The molecule has 2 aromatic carbocycles. The van der Waals surface area contributed by atoms with Crippen molar-refractivity contribution in [1.82, 2.24) is 9.62 Å². The van der Waals surface area contributed by atoms with Gasteiger partial charge in [0.2, 0.25) is 15.9 Å². The summed E-state index contributed by atoms with van der Waals surface area (Å²) in [4.78, 5) is 12.7. The molecule has 0 radical (unpaired) electrons. The van der Waals surface area contributed by atoms with E-state index in [1.54, 1.807) is 12.1 Å². The van der Waals surface area contributed by atoms with Crippen molar-refractivity contribution in [2.45, 2.75) is 50.1 Å². The fourth-order valence-corrected chi connectivity index (χ4v) is 5.05. The Balaban J connectivity index is 1.99. The Labute approximate surface area is 161 Å². The first-order chi connectivity index (χ1) is 12.9. The molecular weight excluding hydrogens is 360 g/mol. The number of hydrogen-bond acceptors (Lipinski definition) is 3. The summed E-state index contributed by atoms with van der Waals surface area (Å²) in [5, 5.41) is 2.61. The molecule has 0 unspecified atom stereocenters. The molecule has 0 bridgehead atoms. The summed E-state index contributed by atoms with van der Waals surface area (Å²) < 4.78 is 28.0. The number of sulfonamides is 1. The summed E-state index contributed by atoms with van der Waals surface area (Å²) in [6.45, 7) is 4.42. The van der Waals surface area contributed by atoms with Gasteiger partial charge in [0.1, 0.15) is 6.04 Å². The lowest BCUT2D eigenvalue weighted by Gasteiger charge is -2.34. The average Bonchev–Trinajstić information content (AvgIpc) is 2.71. The number of amides is 1. The minimum atomic E-state index is -3.79. The van der Waals surface area contributed by atoms with Gasteiger partial charge in [-0.15, -0.1) is 0 Å². The predicted octanol–water partition coefficient (Wildman–Crippen LogP) is 3.06. The van der Waals surface area contributed by atoms with Gasteiger partial charge in [0.05, 0.1) is 4.90 Å². The number of fused-ring (bicyclic) bond motifs is 1. The molecule has 1 aliphatic rings. The van der Waals surface area contributed by atoms with Gasteiger partial charge in [-0.25, -0.2) is 8.42 Å². The smallest absolute Gasteiger partial charge is 0.244 e. The zero-order chi connectivity index (χ0) is 19.6. The monoisotopic (exact) mass is 386 g/mol. The van der Waals surface area contributed by atoms with E-state index in [0.29, 0.717) is 12.3 Å². The third kappa shape index (κ3) is 3.77. The number of benzene rings is 2. The van der Waals surface area contributed by atoms with Gasteiger partial charge in [-0.3, -0.25) is 4.79 Å². The molecule has 0 spiro atoms. The van der Waals surface area contributed by atoms with Gasteiger partial charge >= 0.3 is 0 Å². The fourth-order valence-electron chi connectivity index (χ4n) is 3.48. The highest BCUT2D eigenvalue weighted by Crippen LogP contribution is 2.30. The summed E-state index contributed by atoms with van der Waals surface area (Å²) in [6, 6.07) is 14.0. The third-order valence-corrected chi connectivity index (χ3v) is 7.29. The van der Waals surface area contributed by atoms with Crippen LogP contribution in [-0.4, -0.2) is 31.7 Å². The lowest BCUT2D eigenvalue weighted by molar-refractivity contribution is -0.124. The summed E-state index contributed by atoms with van der Waals surface area (Å²) in [7, 11) is -2.25. The van der Waals surface area contributed by atoms with Crippen LogP contribution in [0, 0.1) is 0 Å². The van der Waals surface area contributed by atoms with E-state index in [9.17, 15) is 13.2 Å². The van der Waals surface area contributed by atoms with Crippen molar-refractivity contribution in [3.63, 3.8) is 0 Å². The normalized spacial score (nSPS) is 18.6. The second-order valence-electron chi connectivity index (χ2n) is 7.03. The molecule has 27 heavy (non-hydrogen) atoms. The Bertz CT molecular complexity index is 923. The van der Waals surface area contributed by atoms with Gasteiger partial charge in [-0.05, 0) is 47.6 Å². The van der Waals surface area contributed by atoms with E-state index >= 15 is 0 Å². The van der Waals surface area contributed by atoms with Crippen LogP contribution in [0.3, 0.4) is 0 Å². The van der Waals surface area contributed by atoms with Crippen LogP contribution in [0.15, 0.2) is 53.4 Å². The molecule has 0 aliphatic carbocycles. The first-order valence-electron chi connectivity index (χ1n) is 9.28. The highest BCUT2D eigenvalue weighted by Gasteiger charge is 2.39. The molecular formula is C21H26N2O3S. The molecule has 5 nitrogen and oxygen atoms in total. The van der Waals surface area contributed by atoms with Crippen molar-refractivity contribution in [2.24, 2.45) is 0 Å². The zero-order valence-corrected chi connectivity index (χ0v) is 16.8. The first kappa shape index (κ1) is 19.6. The minimum absolute atomic E-state index is 0.198. The van der Waals surface area contributed by atoms with E-state index in [1.165, 1.54) is 11.4 Å². The highest BCUT2D eigenvalue weighted by atomic mass is 32.2. The number of rotatable bonds is 5. The van der Waals surface area contributed by atoms with E-state index in [-0.39, 0.29) is 17.3 Å². The second kappa shape index (κ2) is 7.82. The molecule has 144 valence electrons. The number of carbonyl (C=O) groups is 1. The number of likely N-dealkylation sites (N-methyl/N-ethyl adjacent to an activating group) is 1. The fraction of sp³-hybridized carbons (Fsp3) is 0.381. The largest absolute Gasteiger partial charge is 0.358 e. The molecule has 3 rings (SSSR count). The average molecular weight is 387 g/mol. The van der Waals surface area contributed by atoms with Crippen molar-refractivity contribution < 1.29 is 13.2 Å². The van der Waals surface area contributed by atoms with E-state index < -0.39 is 16.1 Å². The molecule has 1 N–H and O–H groups in total. The maximum Gasteiger partial charge on any atom is 0.244 e. The van der Waals surface area contributed by atoms with E-state index in [1.807, 2.05) is 36.4 Å². The lowest BCUT2D eigenvalue weighted by atomic mass is 9.95. The summed E-state index contributed by atoms with van der Waals surface area (Å²) in [5.74, 6) is 0.0894. The van der Waals surface area contributed by atoms with Crippen molar-refractivity contribution >= 4 is 15.9 Å². The van der Waals surface area contributed by atoms with E-state index in [4.69, 9.17) is 0 Å². The van der Waals surface area contributed by atoms with Crippen LogP contribution in [-0.2, 0) is 27.8 Å². The Kier molecular flexibility index (Phi) is 5.67. The lowest BCUT2D eigenvalue weighted by Crippen LogP contribution is -2.51. The quantitative estimate of drug-likeness (QED) is 0.859. The standard InChI is InChI=1S/C21H26N2O3S/c1-4-15(2)16-9-11-19(12-10-16)27(25,26)23-14-18-8-6-5-7-17(18)13-20(23)21(24)22-3/h5-12,15,20H,4,13-14H2,1-3H3,(H,22,24)/t15-,20-/m0/s1. The van der Waals surface area contributed by atoms with Crippen molar-refractivity contribution in [1.29, 1.82) is 0 Å². The van der Waals surface area contributed by atoms with Crippen LogP contribution < -0.4 is 5.32 Å². The van der Waals surface area contributed by atoms with Gasteiger partial charge in [0.25, 0.3) is 0 Å².